The summed E-state index contributed by atoms with van der Waals surface area (Å²) in [5, 5.41) is 19.0. The Labute approximate surface area is 329 Å². The first kappa shape index (κ1) is 37.8. The highest BCUT2D eigenvalue weighted by Crippen LogP contribution is 2.47. The molecular formula is C44H49N7O6. The highest BCUT2D eigenvalue weighted by atomic mass is 16.4. The lowest BCUT2D eigenvalue weighted by Crippen LogP contribution is -2.52. The summed E-state index contributed by atoms with van der Waals surface area (Å²) in [5.74, 6) is 0.0899. The second-order valence-corrected chi connectivity index (χ2v) is 15.6. The third-order valence-corrected chi connectivity index (χ3v) is 12.2. The first-order valence-electron chi connectivity index (χ1n) is 19.9. The molecular weight excluding hydrogens is 723 g/mol. The minimum atomic E-state index is -0.926. The lowest BCUT2D eigenvalue weighted by molar-refractivity contribution is 0.0447. The van der Waals surface area contributed by atoms with Gasteiger partial charge in [-0.1, -0.05) is 84.9 Å². The zero-order chi connectivity index (χ0) is 39.5. The van der Waals surface area contributed by atoms with Crippen LogP contribution in [-0.2, 0) is 13.1 Å². The van der Waals surface area contributed by atoms with Crippen molar-refractivity contribution in [3.05, 3.63) is 141 Å². The molecule has 2 bridgehead atoms. The molecule has 13 nitrogen and oxygen atoms in total. The van der Waals surface area contributed by atoms with E-state index >= 15 is 0 Å². The molecule has 296 valence electrons. The van der Waals surface area contributed by atoms with E-state index in [2.05, 4.69) is 63.4 Å². The van der Waals surface area contributed by atoms with Crippen molar-refractivity contribution in [3.63, 3.8) is 0 Å². The summed E-state index contributed by atoms with van der Waals surface area (Å²) in [7, 11) is 0. The largest absolute Gasteiger partial charge is 0.465 e. The number of carboxylic acid groups (broad SMARTS) is 2. The molecule has 3 aliphatic heterocycles. The predicted octanol–water partition coefficient (Wildman–Crippen LogP) is 7.14. The summed E-state index contributed by atoms with van der Waals surface area (Å²) in [6.07, 6.45) is 3.16. The zero-order valence-electron chi connectivity index (χ0n) is 31.8. The molecule has 3 fully saturated rings. The predicted molar refractivity (Wildman–Crippen MR) is 218 cm³/mol. The SMILES string of the molecule is O=C(O)N1C2CCC1C(CCCN(Cc1ccccc1)Cc1ccccc1)C(n1c(=O)[nH]c3ccccc31)C2.O=C(O)N1CC[C@H](n2c(=O)[nH]c3ccccc32)C1. The van der Waals surface area contributed by atoms with Gasteiger partial charge in [-0.25, -0.2) is 19.2 Å². The Morgan fingerprint density at radius 2 is 1.21 bits per heavy atom. The molecule has 5 atom stereocenters. The Hall–Kier alpha value is -6.08. The molecule has 57 heavy (non-hydrogen) atoms. The lowest BCUT2D eigenvalue weighted by Gasteiger charge is -2.44. The van der Waals surface area contributed by atoms with Crippen LogP contribution in [0.25, 0.3) is 22.1 Å². The topological polar surface area (TPSA) is 160 Å². The van der Waals surface area contributed by atoms with E-state index in [4.69, 9.17) is 5.11 Å². The highest BCUT2D eigenvalue weighted by molar-refractivity contribution is 5.76. The van der Waals surface area contributed by atoms with E-state index in [1.807, 2.05) is 65.2 Å². The molecule has 9 rings (SSSR count). The molecule has 4 N–H and O–H groups in total. The Morgan fingerprint density at radius 1 is 0.649 bits per heavy atom. The van der Waals surface area contributed by atoms with E-state index in [0.29, 0.717) is 25.9 Å². The van der Waals surface area contributed by atoms with Gasteiger partial charge in [0.05, 0.1) is 28.1 Å². The number of piperidine rings is 1. The van der Waals surface area contributed by atoms with Crippen molar-refractivity contribution in [2.45, 2.75) is 75.8 Å². The third-order valence-electron chi connectivity index (χ3n) is 12.2. The normalized spacial score (nSPS) is 21.6. The number of rotatable bonds is 10. The number of likely N-dealkylation sites (tertiary alicyclic amines) is 1. The van der Waals surface area contributed by atoms with Gasteiger partial charge in [0.15, 0.2) is 0 Å². The molecule has 4 aromatic carbocycles. The summed E-state index contributed by atoms with van der Waals surface area (Å²) in [5.41, 5.74) is 5.67. The van der Waals surface area contributed by atoms with E-state index in [1.54, 1.807) is 9.47 Å². The van der Waals surface area contributed by atoms with Gasteiger partial charge in [-0.05, 0) is 80.5 Å². The van der Waals surface area contributed by atoms with Crippen molar-refractivity contribution in [3.8, 4) is 0 Å². The van der Waals surface area contributed by atoms with Crippen LogP contribution in [0.5, 0.6) is 0 Å². The van der Waals surface area contributed by atoms with Crippen LogP contribution in [0.1, 0.15) is 61.7 Å². The molecule has 5 heterocycles. The Kier molecular flexibility index (Phi) is 11.0. The van der Waals surface area contributed by atoms with Gasteiger partial charge in [0.25, 0.3) is 0 Å². The van der Waals surface area contributed by atoms with Crippen LogP contribution in [0.2, 0.25) is 0 Å². The number of aromatic amines is 2. The van der Waals surface area contributed by atoms with Crippen LogP contribution < -0.4 is 11.4 Å². The number of imidazole rings is 2. The Bertz CT molecular complexity index is 2400. The molecule has 0 radical (unpaired) electrons. The number of hydrogen-bond donors (Lipinski definition) is 4. The molecule has 0 saturated carbocycles. The fourth-order valence-corrected chi connectivity index (χ4v) is 9.67. The number of hydrogen-bond acceptors (Lipinski definition) is 5. The number of H-pyrrole nitrogens is 2. The van der Waals surface area contributed by atoms with Gasteiger partial charge in [-0.15, -0.1) is 0 Å². The van der Waals surface area contributed by atoms with E-state index in [9.17, 15) is 24.3 Å². The van der Waals surface area contributed by atoms with Gasteiger partial charge in [-0.3, -0.25) is 14.0 Å². The zero-order valence-corrected chi connectivity index (χ0v) is 31.8. The maximum Gasteiger partial charge on any atom is 0.407 e. The molecule has 3 saturated heterocycles. The molecule has 0 spiro atoms. The number of amides is 2. The fourth-order valence-electron chi connectivity index (χ4n) is 9.67. The van der Waals surface area contributed by atoms with E-state index in [-0.39, 0.29) is 41.5 Å². The average molecular weight is 772 g/mol. The van der Waals surface area contributed by atoms with E-state index in [0.717, 1.165) is 67.4 Å². The molecule has 4 unspecified atom stereocenters. The molecule has 13 heteroatoms. The minimum absolute atomic E-state index is 0.0153. The lowest BCUT2D eigenvalue weighted by atomic mass is 9.82. The quantitative estimate of drug-likeness (QED) is 0.115. The number of nitrogens with zero attached hydrogens (tertiary/aromatic N) is 5. The number of carbonyl (C=O) groups is 2. The number of aromatic nitrogens is 4. The third kappa shape index (κ3) is 7.97. The van der Waals surface area contributed by atoms with Crippen molar-refractivity contribution in [1.82, 2.24) is 33.8 Å². The summed E-state index contributed by atoms with van der Waals surface area (Å²) in [6, 6.07) is 36.2. The van der Waals surface area contributed by atoms with E-state index in [1.165, 1.54) is 16.0 Å². The number of nitrogens with one attached hydrogen (secondary N) is 2. The Morgan fingerprint density at radius 3 is 1.79 bits per heavy atom. The first-order valence-corrected chi connectivity index (χ1v) is 19.9. The highest BCUT2D eigenvalue weighted by Gasteiger charge is 2.50. The van der Waals surface area contributed by atoms with Crippen LogP contribution in [-0.4, -0.2) is 87.9 Å². The van der Waals surface area contributed by atoms with Crippen LogP contribution in [0, 0.1) is 5.92 Å². The molecule has 2 amide bonds. The van der Waals surface area contributed by atoms with Crippen molar-refractivity contribution in [2.75, 3.05) is 19.6 Å². The van der Waals surface area contributed by atoms with E-state index < -0.39 is 12.2 Å². The monoisotopic (exact) mass is 771 g/mol. The minimum Gasteiger partial charge on any atom is -0.465 e. The summed E-state index contributed by atoms with van der Waals surface area (Å²) < 4.78 is 3.59. The van der Waals surface area contributed by atoms with Gasteiger partial charge < -0.3 is 30.0 Å². The number of para-hydroxylation sites is 4. The summed E-state index contributed by atoms with van der Waals surface area (Å²) >= 11 is 0. The van der Waals surface area contributed by atoms with Crippen LogP contribution >= 0.6 is 0 Å². The van der Waals surface area contributed by atoms with Crippen molar-refractivity contribution >= 4 is 34.3 Å². The van der Waals surface area contributed by atoms with Gasteiger partial charge in [0, 0.05) is 50.2 Å². The number of fused-ring (bicyclic) bond motifs is 4. The van der Waals surface area contributed by atoms with Crippen LogP contribution in [0.15, 0.2) is 119 Å². The van der Waals surface area contributed by atoms with Gasteiger partial charge in [0.2, 0.25) is 0 Å². The van der Waals surface area contributed by atoms with Gasteiger partial charge in [-0.2, -0.15) is 0 Å². The molecule has 0 aliphatic carbocycles. The summed E-state index contributed by atoms with van der Waals surface area (Å²) in [6.45, 7) is 3.47. The average Bonchev–Trinajstić information content (AvgIpc) is 3.99. The van der Waals surface area contributed by atoms with Gasteiger partial charge >= 0.3 is 23.6 Å². The molecule has 6 aromatic rings. The van der Waals surface area contributed by atoms with Crippen LogP contribution in [0.4, 0.5) is 9.59 Å². The maximum atomic E-state index is 13.2. The molecule has 3 aliphatic rings. The standard InChI is InChI=1S/C32H36N4O3.C12H13N3O3/c37-31-33-27-15-7-8-16-29(27)36(31)30-20-25-17-18-28(35(25)32(38)39)26(30)14-9-19-34(21-23-10-3-1-4-11-23)22-24-12-5-2-6-13-24;16-11-13-9-3-1-2-4-10(9)15(11)8-5-6-14(7-8)12(17)18/h1-8,10-13,15-16,25-26,28,30H,9,14,17-22H2,(H,33,37)(H,38,39);1-4,8H,5-7H2,(H,13,16)(H,17,18)/t;8-/m.0/s1. The maximum absolute atomic E-state index is 13.2. The summed E-state index contributed by atoms with van der Waals surface area (Å²) in [4.78, 5) is 59.6. The van der Waals surface area contributed by atoms with Crippen LogP contribution in [0.3, 0.4) is 0 Å². The second kappa shape index (κ2) is 16.6. The molecule has 2 aromatic heterocycles. The van der Waals surface area contributed by atoms with Crippen molar-refractivity contribution < 1.29 is 19.8 Å². The van der Waals surface area contributed by atoms with Crippen molar-refractivity contribution in [2.24, 2.45) is 5.92 Å². The second-order valence-electron chi connectivity index (χ2n) is 15.6. The van der Waals surface area contributed by atoms with Crippen molar-refractivity contribution in [1.29, 1.82) is 0 Å². The fraction of sp³-hybridized carbons (Fsp3) is 0.364. The first-order chi connectivity index (χ1) is 27.7. The Balaban J connectivity index is 0.000000210. The number of benzene rings is 4. The van der Waals surface area contributed by atoms with Gasteiger partial charge in [0.1, 0.15) is 0 Å². The smallest absolute Gasteiger partial charge is 0.407 e.